The van der Waals surface area contributed by atoms with Crippen LogP contribution in [0.25, 0.3) is 66.5 Å². The van der Waals surface area contributed by atoms with E-state index in [4.69, 9.17) is 27.8 Å². The maximum absolute atomic E-state index is 16.5. The average molecular weight is 1530 g/mol. The summed E-state index contributed by atoms with van der Waals surface area (Å²) in [6, 6.07) is 16.6. The van der Waals surface area contributed by atoms with E-state index in [0.717, 1.165) is 0 Å². The lowest BCUT2D eigenvalue weighted by Gasteiger charge is -2.36. The first-order valence-electron chi connectivity index (χ1n) is 34.5. The highest BCUT2D eigenvalue weighted by Crippen LogP contribution is 2.62. The molecular weight excluding hydrogens is 1470 g/mol. The molecule has 0 saturated carbocycles. The number of hydrogen-bond acceptors (Lipinski definition) is 19. The van der Waals surface area contributed by atoms with Gasteiger partial charge in [-0.2, -0.15) is 26.3 Å². The number of phosphoric ester groups is 1. The van der Waals surface area contributed by atoms with Crippen LogP contribution in [0.4, 0.5) is 39.5 Å². The quantitative estimate of drug-likeness (QED) is 0.0531. The molecule has 6 aliphatic heterocycles. The van der Waals surface area contributed by atoms with Crippen LogP contribution in [0.2, 0.25) is 0 Å². The standard InChI is InChI=1S/C75H57F9N15O10P/c1-73(2,67-85-25-31(26-86-67)37-16-49-43(19-40(37)76)91-61-46-22-52(97(49)61)58-34(64(100)94-46)10-7-13-55(58)104-70(79)80)107-110(103,108-74(3,4)68-87-27-32(28-88-68)38-17-50-44(20-41(38)77)92-62-47-23-53(98(50)62)59-35(65(101)95-47)11-8-14-56(59)105-71(81)82)109-75(5,6)69-89-29-33(30-90-69)39-18-51-45(21-42(39)78)93-63-48-24-54(99(51)63)60-36(66(102)96-48)12-9-15-57(60)106-72(83)84/h7-21,25-30,46-48,52-54,70-72H,22-24H2,1-6H3,(H,94,100)(H,95,101)(H,96,102)/t46-,47-,48-,52-,53-,54-/m1/s1. The Morgan fingerprint density at radius 1 is 0.409 bits per heavy atom. The summed E-state index contributed by atoms with van der Waals surface area (Å²) in [5, 5.41) is 8.73. The molecule has 560 valence electrons. The Morgan fingerprint density at radius 3 is 0.927 bits per heavy atom. The van der Waals surface area contributed by atoms with E-state index in [2.05, 4.69) is 60.8 Å². The molecule has 0 saturated heterocycles. The number of carbonyl (C=O) groups is 3. The molecule has 35 heteroatoms. The molecule has 0 fully saturated rings. The van der Waals surface area contributed by atoms with Crippen LogP contribution in [0.3, 0.4) is 0 Å². The lowest BCUT2D eigenvalue weighted by molar-refractivity contribution is -0.0535. The summed E-state index contributed by atoms with van der Waals surface area (Å²) in [4.78, 5) is 81.9. The first-order valence-corrected chi connectivity index (χ1v) is 35.9. The number of rotatable bonds is 18. The highest BCUT2D eigenvalue weighted by molar-refractivity contribution is 7.48. The van der Waals surface area contributed by atoms with E-state index in [-0.39, 0.29) is 137 Å². The second kappa shape index (κ2) is 25.2. The van der Waals surface area contributed by atoms with E-state index in [0.29, 0.717) is 34.0 Å². The number of carbonyl (C=O) groups excluding carboxylic acids is 3. The van der Waals surface area contributed by atoms with Crippen LogP contribution in [0.5, 0.6) is 17.2 Å². The van der Waals surface area contributed by atoms with Crippen molar-refractivity contribution in [1.29, 1.82) is 0 Å². The van der Waals surface area contributed by atoms with Crippen molar-refractivity contribution in [2.75, 3.05) is 0 Å². The van der Waals surface area contributed by atoms with Gasteiger partial charge in [-0.1, -0.05) is 18.2 Å². The molecule has 6 atom stereocenters. The molecule has 12 heterocycles. The van der Waals surface area contributed by atoms with Crippen molar-refractivity contribution in [1.82, 2.24) is 74.5 Å². The molecule has 0 spiro atoms. The molecule has 25 nitrogen and oxygen atoms in total. The fourth-order valence-corrected chi connectivity index (χ4v) is 18.1. The SMILES string of the molecule is CC(C)(OP(=O)(OC(C)(C)c1ncc(-c2cc3c(cc2F)nc2n3[C@@H]3C[C@H]2NC(=O)c2cccc(OC(F)F)c23)cn1)OC(C)(C)c1ncc(-c2cc3c(cc2F)nc2n3[C@@H]3C[C@H]2NC(=O)c2cccc(OC(F)F)c23)cn1)c1ncc(-c2cc3c(cc2F)nc2n3[C@@H]3C[C@H]2NC(=O)c2cccc(OC(F)F)c23)cn1. The molecule has 3 N–H and O–H groups in total. The average Bonchev–Trinajstić information content (AvgIpc) is 1.57. The Labute approximate surface area is 615 Å². The fourth-order valence-electron chi connectivity index (χ4n) is 16.1. The maximum atomic E-state index is 16.5. The lowest BCUT2D eigenvalue weighted by atomic mass is 9.97. The largest absolute Gasteiger partial charge is 0.477 e. The van der Waals surface area contributed by atoms with Gasteiger partial charge >= 0.3 is 27.7 Å². The number of ether oxygens (including phenoxy) is 3. The van der Waals surface area contributed by atoms with Crippen LogP contribution >= 0.6 is 7.82 Å². The van der Waals surface area contributed by atoms with Crippen LogP contribution in [0.1, 0.15) is 180 Å². The number of benzene rings is 6. The van der Waals surface area contributed by atoms with Crippen LogP contribution in [-0.4, -0.2) is 96.1 Å². The minimum absolute atomic E-state index is 0.0105. The van der Waals surface area contributed by atoms with Gasteiger partial charge in [0.2, 0.25) is 0 Å². The van der Waals surface area contributed by atoms with Crippen molar-refractivity contribution in [2.45, 2.75) is 134 Å². The highest BCUT2D eigenvalue weighted by Gasteiger charge is 2.50. The number of alkyl halides is 6. The van der Waals surface area contributed by atoms with Gasteiger partial charge < -0.3 is 43.9 Å². The van der Waals surface area contributed by atoms with E-state index in [1.165, 1.54) is 170 Å². The molecule has 12 aromatic rings. The summed E-state index contributed by atoms with van der Waals surface area (Å²) in [6.07, 6.45) is 8.42. The van der Waals surface area contributed by atoms with Gasteiger partial charge in [0, 0.05) is 122 Å². The molecule has 6 aromatic carbocycles. The Hall–Kier alpha value is -11.7. The number of phosphoric acid groups is 1. The predicted octanol–water partition coefficient (Wildman–Crippen LogP) is 14.9. The third-order valence-electron chi connectivity index (χ3n) is 20.7. The Balaban J connectivity index is 0.668. The van der Waals surface area contributed by atoms with Gasteiger partial charge in [0.15, 0.2) is 17.5 Å². The van der Waals surface area contributed by atoms with Gasteiger partial charge in [-0.15, -0.1) is 0 Å². The van der Waals surface area contributed by atoms with Crippen molar-refractivity contribution in [3.8, 4) is 50.6 Å². The molecule has 0 radical (unpaired) electrons. The van der Waals surface area contributed by atoms with Gasteiger partial charge in [0.25, 0.3) is 17.7 Å². The summed E-state index contributed by atoms with van der Waals surface area (Å²) in [7, 11) is -5.23. The molecule has 18 rings (SSSR count). The van der Waals surface area contributed by atoms with Gasteiger partial charge in [-0.05, 0) is 115 Å². The smallest absolute Gasteiger partial charge is 0.434 e. The molecule has 6 aromatic heterocycles. The van der Waals surface area contributed by atoms with Crippen molar-refractivity contribution in [3.63, 3.8) is 0 Å². The van der Waals surface area contributed by atoms with Crippen LogP contribution in [0.15, 0.2) is 128 Å². The van der Waals surface area contributed by atoms with Gasteiger partial charge in [0.1, 0.15) is 69.0 Å². The lowest BCUT2D eigenvalue weighted by Crippen LogP contribution is -2.32. The van der Waals surface area contributed by atoms with E-state index < -0.39 is 116 Å². The second-order valence-corrected chi connectivity index (χ2v) is 30.2. The van der Waals surface area contributed by atoms with E-state index >= 15 is 17.7 Å². The van der Waals surface area contributed by atoms with Crippen molar-refractivity contribution < 1.29 is 86.2 Å². The zero-order valence-electron chi connectivity index (χ0n) is 58.2. The molecule has 0 aliphatic carbocycles. The minimum Gasteiger partial charge on any atom is -0.434 e. The van der Waals surface area contributed by atoms with Crippen LogP contribution in [0, 0.1) is 17.5 Å². The summed E-state index contributed by atoms with van der Waals surface area (Å²) >= 11 is 0. The van der Waals surface area contributed by atoms with Gasteiger partial charge in [0.05, 0.1) is 69.4 Å². The minimum atomic E-state index is -5.23. The van der Waals surface area contributed by atoms with Gasteiger partial charge in [-0.25, -0.2) is 62.6 Å². The number of nitrogens with zero attached hydrogens (tertiary/aromatic N) is 12. The summed E-state index contributed by atoms with van der Waals surface area (Å²) in [5.41, 5.74) is -2.50. The number of imidazole rings is 3. The third-order valence-corrected chi connectivity index (χ3v) is 22.7. The zero-order chi connectivity index (χ0) is 76.7. The summed E-state index contributed by atoms with van der Waals surface area (Å²) in [5.74, 6) is -3.79. The van der Waals surface area contributed by atoms with E-state index in [1.54, 1.807) is 13.7 Å². The Kier molecular flexibility index (Phi) is 16.0. The van der Waals surface area contributed by atoms with Crippen molar-refractivity contribution >= 4 is 58.6 Å². The molecule has 110 heavy (non-hydrogen) atoms. The normalized spacial score (nSPS) is 19.1. The highest BCUT2D eigenvalue weighted by atomic mass is 31.2. The maximum Gasteiger partial charge on any atom is 0.477 e. The zero-order valence-corrected chi connectivity index (χ0v) is 59.1. The first kappa shape index (κ1) is 70.0. The topological polar surface area (TPSA) is 291 Å². The second-order valence-electron chi connectivity index (χ2n) is 28.7. The van der Waals surface area contributed by atoms with Crippen LogP contribution < -0.4 is 30.2 Å². The van der Waals surface area contributed by atoms with Crippen LogP contribution in [-0.2, 0) is 34.9 Å². The number of hydrogen-bond donors (Lipinski definition) is 3. The monoisotopic (exact) mass is 1530 g/mol. The molecule has 0 unspecified atom stereocenters. The predicted molar refractivity (Wildman–Crippen MR) is 370 cm³/mol. The first-order chi connectivity index (χ1) is 52.5. The number of aromatic nitrogens is 12. The van der Waals surface area contributed by atoms with E-state index in [1.807, 2.05) is 0 Å². The molecule has 3 amide bonds. The number of halogens is 9. The Morgan fingerprint density at radius 2 is 0.673 bits per heavy atom. The van der Waals surface area contributed by atoms with E-state index in [9.17, 15) is 40.7 Å². The number of amides is 3. The summed E-state index contributed by atoms with van der Waals surface area (Å²) < 4.78 is 188. The molecule has 6 aliphatic rings. The Bertz CT molecular complexity index is 5400. The van der Waals surface area contributed by atoms with Gasteiger partial charge in [-0.3, -0.25) is 28.0 Å². The third kappa shape index (κ3) is 11.4. The number of nitrogens with one attached hydrogen (secondary N) is 3. The van der Waals surface area contributed by atoms with Crippen molar-refractivity contribution in [3.05, 3.63) is 214 Å². The van der Waals surface area contributed by atoms with Crippen molar-refractivity contribution in [2.24, 2.45) is 0 Å². The number of fused-ring (bicyclic) bond motifs is 27. The molecular formula is C75H57F9N15O10P. The molecule has 6 bridgehead atoms. The summed E-state index contributed by atoms with van der Waals surface area (Å²) in [6.45, 7) is -0.932. The fraction of sp³-hybridized carbons (Fsp3) is 0.280.